The van der Waals surface area contributed by atoms with Crippen molar-refractivity contribution in [2.45, 2.75) is 94.3 Å². The summed E-state index contributed by atoms with van der Waals surface area (Å²) >= 11 is 0. The molecular weight excluding hydrogens is 498 g/mol. The van der Waals surface area contributed by atoms with Crippen LogP contribution in [0.3, 0.4) is 0 Å². The monoisotopic (exact) mass is 528 g/mol. The summed E-state index contributed by atoms with van der Waals surface area (Å²) in [6.07, 6.45) is -14.8. The van der Waals surface area contributed by atoms with Crippen molar-refractivity contribution in [3.8, 4) is 0 Å². The van der Waals surface area contributed by atoms with E-state index < -0.39 is 45.7 Å². The van der Waals surface area contributed by atoms with Gasteiger partial charge in [-0.05, 0) is 12.8 Å². The Morgan fingerprint density at radius 3 is 1.42 bits per heavy atom. The van der Waals surface area contributed by atoms with E-state index in [1.807, 2.05) is 0 Å². The summed E-state index contributed by atoms with van der Waals surface area (Å²) in [5.41, 5.74) is 0. The Balaban J connectivity index is 4.19. The van der Waals surface area contributed by atoms with E-state index in [9.17, 15) is 43.9 Å². The molecule has 0 N–H and O–H groups in total. The lowest BCUT2D eigenvalue weighted by atomic mass is 10.1. The van der Waals surface area contributed by atoms with E-state index in [2.05, 4.69) is 4.74 Å². The molecule has 4 nitrogen and oxygen atoms in total. The van der Waals surface area contributed by atoms with Gasteiger partial charge < -0.3 is 13.3 Å². The number of alkyl halides is 10. The summed E-state index contributed by atoms with van der Waals surface area (Å²) in [7, 11) is 1.89. The molecule has 0 amide bonds. The van der Waals surface area contributed by atoms with Gasteiger partial charge in [-0.25, -0.2) is 13.2 Å². The third-order valence-electron chi connectivity index (χ3n) is 4.98. The van der Waals surface area contributed by atoms with Crippen molar-refractivity contribution >= 4 is 8.80 Å². The van der Waals surface area contributed by atoms with E-state index in [-0.39, 0.29) is 12.8 Å². The van der Waals surface area contributed by atoms with E-state index in [4.69, 9.17) is 13.3 Å². The van der Waals surface area contributed by atoms with Gasteiger partial charge in [-0.15, -0.1) is 0 Å². The van der Waals surface area contributed by atoms with Crippen LogP contribution in [0.25, 0.3) is 0 Å². The fourth-order valence-corrected chi connectivity index (χ4v) is 4.68. The maximum Gasteiger partial charge on any atom is 0.500 e. The standard InChI is InChI=1S/C18H30F10O4Si/c1-29-33(30-2,31-3)13-11-9-7-5-4-6-8-10-12-15(20,21)14(19)32-18(27,28)16(22,23)17(24,25)26/h14H,4-13H2,1-3H3. The van der Waals surface area contributed by atoms with Crippen LogP contribution in [0.4, 0.5) is 43.9 Å². The Hall–Kier alpha value is -0.643. The lowest BCUT2D eigenvalue weighted by Crippen LogP contribution is -2.55. The maximum absolute atomic E-state index is 13.5. The minimum atomic E-state index is -6.83. The van der Waals surface area contributed by atoms with Crippen molar-refractivity contribution < 1.29 is 61.9 Å². The molecule has 0 aliphatic heterocycles. The molecule has 0 radical (unpaired) electrons. The highest BCUT2D eigenvalue weighted by molar-refractivity contribution is 6.60. The van der Waals surface area contributed by atoms with Crippen LogP contribution >= 0.6 is 0 Å². The average molecular weight is 528 g/mol. The predicted octanol–water partition coefficient (Wildman–Crippen LogP) is 7.11. The number of hydrogen-bond acceptors (Lipinski definition) is 4. The molecule has 1 unspecified atom stereocenters. The SMILES string of the molecule is CO[Si](CCCCCCCCCCC(F)(F)C(F)OC(F)(F)C(F)(F)C(F)(F)F)(OC)OC. The number of unbranched alkanes of at least 4 members (excludes halogenated alkanes) is 7. The Morgan fingerprint density at radius 1 is 0.636 bits per heavy atom. The highest BCUT2D eigenvalue weighted by Crippen LogP contribution is 2.48. The first-order valence-electron chi connectivity index (χ1n) is 10.2. The van der Waals surface area contributed by atoms with Crippen LogP contribution in [-0.4, -0.2) is 60.6 Å². The lowest BCUT2D eigenvalue weighted by Gasteiger charge is -2.30. The molecule has 0 aromatic rings. The summed E-state index contributed by atoms with van der Waals surface area (Å²) < 4.78 is 146. The van der Waals surface area contributed by atoms with Crippen molar-refractivity contribution in [1.82, 2.24) is 0 Å². The van der Waals surface area contributed by atoms with Crippen LogP contribution in [0.15, 0.2) is 0 Å². The molecular formula is C18H30F10O4Si. The van der Waals surface area contributed by atoms with Gasteiger partial charge >= 0.3 is 32.9 Å². The van der Waals surface area contributed by atoms with Gasteiger partial charge in [0.25, 0.3) is 6.36 Å². The van der Waals surface area contributed by atoms with Gasteiger partial charge in [0.15, 0.2) is 0 Å². The third kappa shape index (κ3) is 9.86. The fraction of sp³-hybridized carbons (Fsp3) is 1.00. The quantitative estimate of drug-likeness (QED) is 0.108. The van der Waals surface area contributed by atoms with Crippen LogP contribution in [0.2, 0.25) is 6.04 Å². The van der Waals surface area contributed by atoms with E-state index in [0.29, 0.717) is 18.9 Å². The minimum absolute atomic E-state index is 0.157. The van der Waals surface area contributed by atoms with Crippen molar-refractivity contribution in [2.24, 2.45) is 0 Å². The topological polar surface area (TPSA) is 36.9 Å². The summed E-state index contributed by atoms with van der Waals surface area (Å²) in [5, 5.41) is 0. The highest BCUT2D eigenvalue weighted by Gasteiger charge is 2.75. The van der Waals surface area contributed by atoms with Crippen molar-refractivity contribution in [1.29, 1.82) is 0 Å². The molecule has 0 saturated carbocycles. The van der Waals surface area contributed by atoms with E-state index >= 15 is 0 Å². The normalized spacial score (nSPS) is 15.2. The second-order valence-corrected chi connectivity index (χ2v) is 10.5. The summed E-state index contributed by atoms with van der Waals surface area (Å²) in [4.78, 5) is 0. The minimum Gasteiger partial charge on any atom is -0.377 e. The number of ether oxygens (including phenoxy) is 1. The van der Waals surface area contributed by atoms with Crippen molar-refractivity contribution in [3.05, 3.63) is 0 Å². The molecule has 1 atom stereocenters. The maximum atomic E-state index is 13.5. The second kappa shape index (κ2) is 13.4. The molecule has 0 saturated heterocycles. The molecule has 0 rings (SSSR count). The van der Waals surface area contributed by atoms with E-state index in [0.717, 1.165) is 25.7 Å². The van der Waals surface area contributed by atoms with E-state index in [1.54, 1.807) is 0 Å². The van der Waals surface area contributed by atoms with Gasteiger partial charge in [0.2, 0.25) is 0 Å². The predicted molar refractivity (Wildman–Crippen MR) is 100 cm³/mol. The van der Waals surface area contributed by atoms with Gasteiger partial charge in [-0.1, -0.05) is 38.5 Å². The molecule has 0 bridgehead atoms. The molecule has 0 aromatic carbocycles. The molecule has 15 heteroatoms. The second-order valence-electron chi connectivity index (χ2n) is 7.41. The Kier molecular flexibility index (Phi) is 13.2. The zero-order valence-electron chi connectivity index (χ0n) is 18.6. The largest absolute Gasteiger partial charge is 0.500 e. The molecule has 0 aliphatic rings. The number of halogens is 10. The summed E-state index contributed by atoms with van der Waals surface area (Å²) in [5.74, 6) is -11.5. The molecule has 33 heavy (non-hydrogen) atoms. The molecule has 200 valence electrons. The first kappa shape index (κ1) is 32.4. The van der Waals surface area contributed by atoms with Gasteiger partial charge in [0.1, 0.15) is 0 Å². The van der Waals surface area contributed by atoms with Gasteiger partial charge in [0.05, 0.1) is 0 Å². The van der Waals surface area contributed by atoms with Gasteiger partial charge in [-0.2, -0.15) is 30.7 Å². The van der Waals surface area contributed by atoms with Gasteiger partial charge in [-0.3, -0.25) is 4.74 Å². The molecule has 0 heterocycles. The number of rotatable bonds is 18. The van der Waals surface area contributed by atoms with Crippen LogP contribution in [-0.2, 0) is 18.0 Å². The van der Waals surface area contributed by atoms with Crippen LogP contribution < -0.4 is 0 Å². The Bertz CT molecular complexity index is 537. The Labute approximate surface area is 187 Å². The summed E-state index contributed by atoms with van der Waals surface area (Å²) in [6.45, 7) is 0. The number of hydrogen-bond donors (Lipinski definition) is 0. The van der Waals surface area contributed by atoms with Gasteiger partial charge in [0, 0.05) is 33.8 Å². The lowest BCUT2D eigenvalue weighted by molar-refractivity contribution is -0.450. The highest BCUT2D eigenvalue weighted by atomic mass is 28.4. The molecule has 0 aliphatic carbocycles. The average Bonchev–Trinajstić information content (AvgIpc) is 2.71. The zero-order chi connectivity index (χ0) is 26.0. The smallest absolute Gasteiger partial charge is 0.377 e. The fourth-order valence-electron chi connectivity index (χ4n) is 2.89. The third-order valence-corrected chi connectivity index (χ3v) is 7.81. The molecule has 0 spiro atoms. The Morgan fingerprint density at radius 2 is 1.03 bits per heavy atom. The van der Waals surface area contributed by atoms with Crippen LogP contribution in [0.1, 0.15) is 57.8 Å². The zero-order valence-corrected chi connectivity index (χ0v) is 19.6. The van der Waals surface area contributed by atoms with E-state index in [1.165, 1.54) is 21.3 Å². The van der Waals surface area contributed by atoms with Crippen molar-refractivity contribution in [3.63, 3.8) is 0 Å². The summed E-state index contributed by atoms with van der Waals surface area (Å²) in [6, 6.07) is 0.631. The van der Waals surface area contributed by atoms with Crippen LogP contribution in [0.5, 0.6) is 0 Å². The molecule has 0 fully saturated rings. The first-order valence-corrected chi connectivity index (χ1v) is 12.1. The first-order chi connectivity index (χ1) is 15.0. The molecule has 0 aromatic heterocycles. The van der Waals surface area contributed by atoms with Crippen LogP contribution in [0, 0.1) is 0 Å². The van der Waals surface area contributed by atoms with Crippen molar-refractivity contribution in [2.75, 3.05) is 21.3 Å².